The lowest BCUT2D eigenvalue weighted by Gasteiger charge is -2.24. The van der Waals surface area contributed by atoms with E-state index >= 15 is 0 Å². The van der Waals surface area contributed by atoms with Gasteiger partial charge in [-0.2, -0.15) is 10.5 Å². The molecule has 0 saturated heterocycles. The molecule has 0 atom stereocenters. The fourth-order valence-electron chi connectivity index (χ4n) is 4.49. The van der Waals surface area contributed by atoms with E-state index in [2.05, 4.69) is 23.6 Å². The Labute approximate surface area is 250 Å². The summed E-state index contributed by atoms with van der Waals surface area (Å²) in [6.07, 6.45) is 7.56. The minimum absolute atomic E-state index is 0.00650. The quantitative estimate of drug-likeness (QED) is 0.0913. The molecule has 8 heteroatoms. The van der Waals surface area contributed by atoms with Crippen LogP contribution in [-0.2, 0) is 19.1 Å². The van der Waals surface area contributed by atoms with Gasteiger partial charge in [0.25, 0.3) is 0 Å². The Morgan fingerprint density at radius 1 is 0.643 bits per heavy atom. The van der Waals surface area contributed by atoms with Crippen molar-refractivity contribution in [2.45, 2.75) is 53.4 Å². The van der Waals surface area contributed by atoms with Crippen molar-refractivity contribution in [1.29, 1.82) is 10.5 Å². The van der Waals surface area contributed by atoms with E-state index < -0.39 is 11.9 Å². The highest BCUT2D eigenvalue weighted by Gasteiger charge is 2.12. The fourth-order valence-corrected chi connectivity index (χ4v) is 4.49. The van der Waals surface area contributed by atoms with E-state index in [0.29, 0.717) is 0 Å². The molecule has 2 aromatic carbocycles. The number of ether oxygens (including phenoxy) is 2. The summed E-state index contributed by atoms with van der Waals surface area (Å²) in [5.74, 6) is -1.20. The van der Waals surface area contributed by atoms with Gasteiger partial charge in [0.1, 0.15) is 23.3 Å². The number of rotatable bonds is 17. The van der Waals surface area contributed by atoms with Crippen molar-refractivity contribution in [3.63, 3.8) is 0 Å². The van der Waals surface area contributed by atoms with Gasteiger partial charge in [-0.15, -0.1) is 0 Å². The van der Waals surface area contributed by atoms with Crippen molar-refractivity contribution in [2.24, 2.45) is 0 Å². The van der Waals surface area contributed by atoms with Crippen LogP contribution in [0.15, 0.2) is 59.7 Å². The number of nitriles is 2. The lowest BCUT2D eigenvalue weighted by Crippen LogP contribution is -2.24. The topological polar surface area (TPSA) is 107 Å². The lowest BCUT2D eigenvalue weighted by atomic mass is 10.1. The number of unbranched alkanes of at least 4 members (excludes halogenated alkanes) is 3. The van der Waals surface area contributed by atoms with Crippen LogP contribution in [0.4, 0.5) is 11.4 Å². The minimum atomic E-state index is -0.602. The van der Waals surface area contributed by atoms with Crippen LogP contribution in [-0.4, -0.2) is 51.3 Å². The van der Waals surface area contributed by atoms with Crippen LogP contribution in [0.5, 0.6) is 0 Å². The number of nitrogens with zero attached hydrogens (tertiary/aromatic N) is 4. The SMILES string of the molecule is CCOC(=O)C(C#N)=Cc1ccc(N(CC)CCCCCCN(CC)c2ccc(C=C(C#N)C(=O)OCC)cc2)cc1. The Morgan fingerprint density at radius 3 is 1.29 bits per heavy atom. The van der Waals surface area contributed by atoms with Crippen LogP contribution in [0.25, 0.3) is 12.2 Å². The third kappa shape index (κ3) is 10.8. The van der Waals surface area contributed by atoms with E-state index in [-0.39, 0.29) is 24.4 Å². The van der Waals surface area contributed by atoms with E-state index in [9.17, 15) is 20.1 Å². The highest BCUT2D eigenvalue weighted by molar-refractivity contribution is 5.98. The van der Waals surface area contributed by atoms with Crippen LogP contribution in [0.3, 0.4) is 0 Å². The molecule has 0 aliphatic heterocycles. The Hall–Kier alpha value is -4.56. The summed E-state index contributed by atoms with van der Waals surface area (Å²) in [5, 5.41) is 18.5. The van der Waals surface area contributed by atoms with Gasteiger partial charge in [0, 0.05) is 37.6 Å². The normalized spacial score (nSPS) is 11.3. The summed E-state index contributed by atoms with van der Waals surface area (Å²) >= 11 is 0. The van der Waals surface area contributed by atoms with E-state index in [1.54, 1.807) is 26.0 Å². The first-order valence-electron chi connectivity index (χ1n) is 14.7. The van der Waals surface area contributed by atoms with Gasteiger partial charge in [0.05, 0.1) is 13.2 Å². The molecule has 42 heavy (non-hydrogen) atoms. The predicted molar refractivity (Wildman–Crippen MR) is 168 cm³/mol. The summed E-state index contributed by atoms with van der Waals surface area (Å²) in [7, 11) is 0. The van der Waals surface area contributed by atoms with Gasteiger partial charge in [-0.25, -0.2) is 9.59 Å². The van der Waals surface area contributed by atoms with Crippen molar-refractivity contribution in [3.05, 3.63) is 70.8 Å². The molecule has 0 fully saturated rings. The minimum Gasteiger partial charge on any atom is -0.462 e. The Morgan fingerprint density at radius 2 is 1.00 bits per heavy atom. The van der Waals surface area contributed by atoms with Crippen molar-refractivity contribution >= 4 is 35.5 Å². The first-order chi connectivity index (χ1) is 20.4. The van der Waals surface area contributed by atoms with Crippen LogP contribution >= 0.6 is 0 Å². The van der Waals surface area contributed by atoms with Gasteiger partial charge >= 0.3 is 11.9 Å². The Bertz CT molecular complexity index is 1180. The standard InChI is InChI=1S/C34H42N4O4/c1-5-37(31-17-13-27(14-18-31)23-29(25-35)33(39)41-7-3)21-11-9-10-12-22-38(6-2)32-19-15-28(16-20-32)24-30(26-36)34(40)42-8-4/h13-20,23-24H,5-12,21-22H2,1-4H3. The molecule has 0 bridgehead atoms. The van der Waals surface area contributed by atoms with E-state index in [4.69, 9.17) is 9.47 Å². The number of hydrogen-bond donors (Lipinski definition) is 0. The second kappa shape index (κ2) is 18.7. The van der Waals surface area contributed by atoms with Gasteiger partial charge in [-0.3, -0.25) is 0 Å². The summed E-state index contributed by atoms with van der Waals surface area (Å²) in [6.45, 7) is 11.9. The average molecular weight is 571 g/mol. The molecule has 0 spiro atoms. The van der Waals surface area contributed by atoms with Crippen LogP contribution in [0.1, 0.15) is 64.5 Å². The molecule has 8 nitrogen and oxygen atoms in total. The molecular formula is C34H42N4O4. The molecule has 0 aliphatic carbocycles. The molecule has 0 saturated carbocycles. The summed E-state index contributed by atoms with van der Waals surface area (Å²) < 4.78 is 9.86. The molecule has 2 aromatic rings. The zero-order valence-electron chi connectivity index (χ0n) is 25.3. The highest BCUT2D eigenvalue weighted by Crippen LogP contribution is 2.20. The first kappa shape index (κ1) is 33.6. The van der Waals surface area contributed by atoms with Crippen molar-refractivity contribution in [2.75, 3.05) is 49.2 Å². The molecule has 0 aromatic heterocycles. The maximum atomic E-state index is 11.9. The number of hydrogen-bond acceptors (Lipinski definition) is 8. The number of benzene rings is 2. The fraction of sp³-hybridized carbons (Fsp3) is 0.412. The number of esters is 2. The van der Waals surface area contributed by atoms with Crippen LogP contribution in [0, 0.1) is 22.7 Å². The average Bonchev–Trinajstić information content (AvgIpc) is 3.01. The smallest absolute Gasteiger partial charge is 0.348 e. The second-order valence-electron chi connectivity index (χ2n) is 9.54. The van der Waals surface area contributed by atoms with Gasteiger partial charge in [-0.05, 0) is 88.1 Å². The lowest BCUT2D eigenvalue weighted by molar-refractivity contribution is -0.138. The number of anilines is 2. The molecular weight excluding hydrogens is 528 g/mol. The van der Waals surface area contributed by atoms with E-state index in [1.165, 1.54) is 0 Å². The van der Waals surface area contributed by atoms with Gasteiger partial charge in [0.15, 0.2) is 0 Å². The van der Waals surface area contributed by atoms with E-state index in [1.807, 2.05) is 60.7 Å². The van der Waals surface area contributed by atoms with Gasteiger partial charge in [-0.1, -0.05) is 37.1 Å². The summed E-state index contributed by atoms with van der Waals surface area (Å²) in [4.78, 5) is 28.4. The largest absolute Gasteiger partial charge is 0.462 e. The Balaban J connectivity index is 1.83. The molecule has 0 heterocycles. The summed E-state index contributed by atoms with van der Waals surface area (Å²) in [6, 6.07) is 19.6. The molecule has 2 rings (SSSR count). The van der Waals surface area contributed by atoms with E-state index in [0.717, 1.165) is 74.4 Å². The molecule has 0 aliphatic rings. The van der Waals surface area contributed by atoms with Crippen molar-refractivity contribution in [1.82, 2.24) is 0 Å². The second-order valence-corrected chi connectivity index (χ2v) is 9.54. The zero-order valence-corrected chi connectivity index (χ0v) is 25.3. The Kier molecular flexibility index (Phi) is 15.0. The van der Waals surface area contributed by atoms with Crippen LogP contribution in [0.2, 0.25) is 0 Å². The number of carbonyl (C=O) groups is 2. The molecule has 222 valence electrons. The van der Waals surface area contributed by atoms with Crippen molar-refractivity contribution in [3.8, 4) is 12.1 Å². The molecule has 0 radical (unpaired) electrons. The van der Waals surface area contributed by atoms with Gasteiger partial charge in [0.2, 0.25) is 0 Å². The number of carbonyl (C=O) groups excluding carboxylic acids is 2. The first-order valence-corrected chi connectivity index (χ1v) is 14.7. The highest BCUT2D eigenvalue weighted by atomic mass is 16.5. The maximum absolute atomic E-state index is 11.9. The maximum Gasteiger partial charge on any atom is 0.348 e. The molecule has 0 amide bonds. The van der Waals surface area contributed by atoms with Crippen molar-refractivity contribution < 1.29 is 19.1 Å². The third-order valence-electron chi connectivity index (χ3n) is 6.74. The predicted octanol–water partition coefficient (Wildman–Crippen LogP) is 6.54. The van der Waals surface area contributed by atoms with Crippen LogP contribution < -0.4 is 9.80 Å². The molecule has 0 unspecified atom stereocenters. The van der Waals surface area contributed by atoms with Gasteiger partial charge < -0.3 is 19.3 Å². The zero-order chi connectivity index (χ0) is 30.7. The monoisotopic (exact) mass is 570 g/mol. The third-order valence-corrected chi connectivity index (χ3v) is 6.74. The summed E-state index contributed by atoms with van der Waals surface area (Å²) in [5.41, 5.74) is 3.79. The molecule has 0 N–H and O–H groups in total.